The van der Waals surface area contributed by atoms with Crippen LogP contribution in [-0.4, -0.2) is 25.1 Å². The lowest BCUT2D eigenvalue weighted by molar-refractivity contribution is -0.115. The standard InChI is InChI=1S/C20H15ClN2O3S2/c21-14-6-8-15(9-7-14)28(25,26)12-11-18(24)22-20-23-19-16-4-2-1-3-13(16)5-10-17(19)27-20/h1-10H,11-12H2,(H,22,23,24). The smallest absolute Gasteiger partial charge is 0.227 e. The summed E-state index contributed by atoms with van der Waals surface area (Å²) in [5, 5.41) is 5.72. The molecular weight excluding hydrogens is 416 g/mol. The molecule has 4 aromatic rings. The predicted molar refractivity (Wildman–Crippen MR) is 114 cm³/mol. The molecule has 1 N–H and O–H groups in total. The van der Waals surface area contributed by atoms with Crippen LogP contribution in [0.2, 0.25) is 5.02 Å². The molecule has 3 aromatic carbocycles. The number of hydrogen-bond acceptors (Lipinski definition) is 5. The first-order valence-electron chi connectivity index (χ1n) is 8.49. The van der Waals surface area contributed by atoms with Gasteiger partial charge in [0.15, 0.2) is 15.0 Å². The van der Waals surface area contributed by atoms with E-state index in [2.05, 4.69) is 10.3 Å². The summed E-state index contributed by atoms with van der Waals surface area (Å²) in [6.45, 7) is 0. The van der Waals surface area contributed by atoms with E-state index in [4.69, 9.17) is 11.6 Å². The first-order valence-corrected chi connectivity index (χ1v) is 11.3. The third-order valence-corrected chi connectivity index (χ3v) is 7.22. The van der Waals surface area contributed by atoms with Gasteiger partial charge in [-0.2, -0.15) is 0 Å². The SMILES string of the molecule is O=C(CCS(=O)(=O)c1ccc(Cl)cc1)Nc1nc2c(ccc3ccccc32)s1. The Morgan fingerprint density at radius 1 is 1.04 bits per heavy atom. The van der Waals surface area contributed by atoms with Gasteiger partial charge in [0.2, 0.25) is 5.91 Å². The van der Waals surface area contributed by atoms with E-state index in [0.717, 1.165) is 21.0 Å². The van der Waals surface area contributed by atoms with E-state index in [9.17, 15) is 13.2 Å². The van der Waals surface area contributed by atoms with Crippen LogP contribution >= 0.6 is 22.9 Å². The molecule has 1 aromatic heterocycles. The Morgan fingerprint density at radius 3 is 2.57 bits per heavy atom. The largest absolute Gasteiger partial charge is 0.302 e. The molecule has 0 fully saturated rings. The molecule has 0 saturated heterocycles. The lowest BCUT2D eigenvalue weighted by Gasteiger charge is -2.04. The molecule has 4 rings (SSSR count). The summed E-state index contributed by atoms with van der Waals surface area (Å²) in [4.78, 5) is 16.9. The quantitative estimate of drug-likeness (QED) is 0.488. The number of nitrogens with one attached hydrogen (secondary N) is 1. The van der Waals surface area contributed by atoms with Crippen molar-refractivity contribution in [3.63, 3.8) is 0 Å². The molecular formula is C20H15ClN2O3S2. The third kappa shape index (κ3) is 3.87. The number of aromatic nitrogens is 1. The summed E-state index contributed by atoms with van der Waals surface area (Å²) in [6.07, 6.45) is -0.151. The number of amides is 1. The molecule has 0 aliphatic carbocycles. The first-order chi connectivity index (χ1) is 13.4. The lowest BCUT2D eigenvalue weighted by atomic mass is 10.1. The van der Waals surface area contributed by atoms with Crippen molar-refractivity contribution in [3.8, 4) is 0 Å². The Balaban J connectivity index is 1.48. The van der Waals surface area contributed by atoms with Crippen molar-refractivity contribution in [2.24, 2.45) is 0 Å². The van der Waals surface area contributed by atoms with Gasteiger partial charge in [-0.15, -0.1) is 0 Å². The summed E-state index contributed by atoms with van der Waals surface area (Å²) in [5.41, 5.74) is 0.826. The normalized spacial score (nSPS) is 11.8. The number of sulfone groups is 1. The summed E-state index contributed by atoms with van der Waals surface area (Å²) in [7, 11) is -3.55. The van der Waals surface area contributed by atoms with Gasteiger partial charge < -0.3 is 5.32 Å². The highest BCUT2D eigenvalue weighted by atomic mass is 35.5. The summed E-state index contributed by atoms with van der Waals surface area (Å²) < 4.78 is 25.7. The number of rotatable bonds is 5. The molecule has 0 aliphatic rings. The maximum Gasteiger partial charge on any atom is 0.227 e. The van der Waals surface area contributed by atoms with Crippen molar-refractivity contribution in [2.45, 2.75) is 11.3 Å². The van der Waals surface area contributed by atoms with Crippen LogP contribution < -0.4 is 5.32 Å². The van der Waals surface area contributed by atoms with E-state index in [1.54, 1.807) is 0 Å². The highest BCUT2D eigenvalue weighted by Crippen LogP contribution is 2.31. The van der Waals surface area contributed by atoms with Crippen LogP contribution in [0, 0.1) is 0 Å². The number of carbonyl (C=O) groups is 1. The molecule has 0 saturated carbocycles. The predicted octanol–water partition coefficient (Wildman–Crippen LogP) is 4.91. The second kappa shape index (κ2) is 7.50. The van der Waals surface area contributed by atoms with Gasteiger partial charge in [0.05, 0.1) is 20.9 Å². The van der Waals surface area contributed by atoms with Gasteiger partial charge in [-0.3, -0.25) is 4.79 Å². The number of fused-ring (bicyclic) bond motifs is 3. The van der Waals surface area contributed by atoms with Gasteiger partial charge in [0.25, 0.3) is 0 Å². The van der Waals surface area contributed by atoms with E-state index < -0.39 is 9.84 Å². The maximum absolute atomic E-state index is 12.4. The zero-order valence-electron chi connectivity index (χ0n) is 14.6. The summed E-state index contributed by atoms with van der Waals surface area (Å²) in [6, 6.07) is 17.8. The van der Waals surface area contributed by atoms with Crippen LogP contribution in [0.25, 0.3) is 21.0 Å². The molecule has 8 heteroatoms. The second-order valence-electron chi connectivity index (χ2n) is 6.22. The Kier molecular flexibility index (Phi) is 5.05. The molecule has 1 heterocycles. The number of halogens is 1. The zero-order chi connectivity index (χ0) is 19.7. The Hall–Kier alpha value is -2.48. The van der Waals surface area contributed by atoms with Crippen molar-refractivity contribution < 1.29 is 13.2 Å². The average Bonchev–Trinajstić information content (AvgIpc) is 3.10. The van der Waals surface area contributed by atoms with E-state index in [1.807, 2.05) is 36.4 Å². The topological polar surface area (TPSA) is 76.1 Å². The van der Waals surface area contributed by atoms with Gasteiger partial charge in [0.1, 0.15) is 0 Å². The third-order valence-electron chi connectivity index (χ3n) is 4.30. The van der Waals surface area contributed by atoms with Crippen molar-refractivity contribution in [1.82, 2.24) is 4.98 Å². The average molecular weight is 431 g/mol. The number of thiazole rings is 1. The summed E-state index contributed by atoms with van der Waals surface area (Å²) in [5.74, 6) is -0.671. The number of benzene rings is 3. The lowest BCUT2D eigenvalue weighted by Crippen LogP contribution is -2.17. The van der Waals surface area contributed by atoms with Crippen molar-refractivity contribution in [2.75, 3.05) is 11.1 Å². The van der Waals surface area contributed by atoms with Crippen molar-refractivity contribution in [1.29, 1.82) is 0 Å². The zero-order valence-corrected chi connectivity index (χ0v) is 16.9. The molecule has 0 bridgehead atoms. The van der Waals surface area contributed by atoms with E-state index in [1.165, 1.54) is 35.6 Å². The highest BCUT2D eigenvalue weighted by molar-refractivity contribution is 7.91. The van der Waals surface area contributed by atoms with Crippen LogP contribution in [0.5, 0.6) is 0 Å². The molecule has 0 aliphatic heterocycles. The fraction of sp³-hybridized carbons (Fsp3) is 0.100. The minimum Gasteiger partial charge on any atom is -0.302 e. The van der Waals surface area contributed by atoms with Gasteiger partial charge >= 0.3 is 0 Å². The number of hydrogen-bond donors (Lipinski definition) is 1. The fourth-order valence-corrected chi connectivity index (χ4v) is 5.15. The first kappa shape index (κ1) is 18.9. The molecule has 0 unspecified atom stereocenters. The van der Waals surface area contributed by atoms with E-state index >= 15 is 0 Å². The van der Waals surface area contributed by atoms with Crippen LogP contribution in [-0.2, 0) is 14.6 Å². The number of anilines is 1. The molecule has 0 radical (unpaired) electrons. The highest BCUT2D eigenvalue weighted by Gasteiger charge is 2.17. The Morgan fingerprint density at radius 2 is 1.79 bits per heavy atom. The van der Waals surface area contributed by atoms with Gasteiger partial charge in [-0.25, -0.2) is 13.4 Å². The van der Waals surface area contributed by atoms with Crippen LogP contribution in [0.1, 0.15) is 6.42 Å². The van der Waals surface area contributed by atoms with Crippen molar-refractivity contribution in [3.05, 3.63) is 65.7 Å². The van der Waals surface area contributed by atoms with Crippen LogP contribution in [0.15, 0.2) is 65.6 Å². The molecule has 0 atom stereocenters. The molecule has 1 amide bonds. The van der Waals surface area contributed by atoms with Crippen LogP contribution in [0.3, 0.4) is 0 Å². The Labute approximate surface area is 170 Å². The monoisotopic (exact) mass is 430 g/mol. The maximum atomic E-state index is 12.4. The fourth-order valence-electron chi connectivity index (χ4n) is 2.88. The van der Waals surface area contributed by atoms with E-state index in [-0.39, 0.29) is 23.0 Å². The Bertz CT molecular complexity index is 1280. The minimum absolute atomic E-state index is 0.149. The molecule has 142 valence electrons. The second-order valence-corrected chi connectivity index (χ2v) is 9.80. The summed E-state index contributed by atoms with van der Waals surface area (Å²) >= 11 is 7.15. The minimum atomic E-state index is -3.55. The van der Waals surface area contributed by atoms with Gasteiger partial charge in [-0.05, 0) is 35.7 Å². The number of nitrogens with zero attached hydrogens (tertiary/aromatic N) is 1. The van der Waals surface area contributed by atoms with Gasteiger partial charge in [-0.1, -0.05) is 53.3 Å². The van der Waals surface area contributed by atoms with Crippen LogP contribution in [0.4, 0.5) is 5.13 Å². The van der Waals surface area contributed by atoms with Gasteiger partial charge in [0, 0.05) is 16.8 Å². The van der Waals surface area contributed by atoms with Crippen molar-refractivity contribution >= 4 is 64.8 Å². The molecule has 5 nitrogen and oxygen atoms in total. The number of carbonyl (C=O) groups excluding carboxylic acids is 1. The molecule has 0 spiro atoms. The molecule has 28 heavy (non-hydrogen) atoms. The van der Waals surface area contributed by atoms with E-state index in [0.29, 0.717) is 10.2 Å².